The fraction of sp³-hybridized carbons (Fsp3) is 0.308. The van der Waals surface area contributed by atoms with Crippen molar-refractivity contribution in [1.82, 2.24) is 9.78 Å². The molecule has 1 heterocycles. The molecule has 0 aliphatic rings. The minimum Gasteiger partial charge on any atom is -0.383 e. The van der Waals surface area contributed by atoms with E-state index >= 15 is 0 Å². The molecular weight excluding hydrogens is 214 g/mol. The third kappa shape index (κ3) is 2.93. The molecule has 0 fully saturated rings. The van der Waals surface area contributed by atoms with E-state index in [2.05, 4.69) is 17.2 Å². The Bertz CT molecular complexity index is 462. The Hall–Kier alpha value is -1.65. The second-order valence-electron chi connectivity index (χ2n) is 3.89. The van der Waals surface area contributed by atoms with Gasteiger partial charge in [-0.25, -0.2) is 0 Å². The van der Waals surface area contributed by atoms with Crippen molar-refractivity contribution < 1.29 is 4.74 Å². The van der Waals surface area contributed by atoms with Crippen molar-refractivity contribution in [3.8, 4) is 11.1 Å². The van der Waals surface area contributed by atoms with E-state index in [0.29, 0.717) is 13.2 Å². The first kappa shape index (κ1) is 11.8. The highest BCUT2D eigenvalue weighted by Gasteiger charge is 2.01. The molecule has 4 nitrogen and oxygen atoms in total. The first-order valence-electron chi connectivity index (χ1n) is 5.64. The molecule has 2 aromatic rings. The van der Waals surface area contributed by atoms with E-state index in [1.165, 1.54) is 0 Å². The zero-order chi connectivity index (χ0) is 12.1. The van der Waals surface area contributed by atoms with Crippen molar-refractivity contribution >= 4 is 0 Å². The van der Waals surface area contributed by atoms with Crippen LogP contribution in [0.15, 0.2) is 36.7 Å². The van der Waals surface area contributed by atoms with Crippen LogP contribution in [0.2, 0.25) is 0 Å². The molecule has 90 valence electrons. The number of rotatable bonds is 5. The van der Waals surface area contributed by atoms with E-state index in [1.54, 1.807) is 7.11 Å². The fourth-order valence-electron chi connectivity index (χ4n) is 1.65. The average molecular weight is 231 g/mol. The Morgan fingerprint density at radius 2 is 2.00 bits per heavy atom. The minimum absolute atomic E-state index is 0.577. The SMILES string of the molecule is COCCn1cc(-c2ccc(CN)cc2)cn1. The Labute approximate surface area is 101 Å². The second kappa shape index (κ2) is 5.61. The van der Waals surface area contributed by atoms with Crippen LogP contribution < -0.4 is 5.73 Å². The van der Waals surface area contributed by atoms with E-state index in [-0.39, 0.29) is 0 Å². The van der Waals surface area contributed by atoms with E-state index < -0.39 is 0 Å². The maximum absolute atomic E-state index is 5.57. The fourth-order valence-corrected chi connectivity index (χ4v) is 1.65. The van der Waals surface area contributed by atoms with E-state index in [9.17, 15) is 0 Å². The summed E-state index contributed by atoms with van der Waals surface area (Å²) in [6, 6.07) is 8.23. The van der Waals surface area contributed by atoms with Gasteiger partial charge in [-0.05, 0) is 11.1 Å². The smallest absolute Gasteiger partial charge is 0.0658 e. The molecule has 1 aromatic carbocycles. The van der Waals surface area contributed by atoms with Crippen LogP contribution in [-0.4, -0.2) is 23.5 Å². The molecule has 0 aliphatic carbocycles. The quantitative estimate of drug-likeness (QED) is 0.851. The first-order chi connectivity index (χ1) is 8.33. The molecule has 0 atom stereocenters. The third-order valence-electron chi connectivity index (χ3n) is 2.68. The van der Waals surface area contributed by atoms with Gasteiger partial charge in [-0.3, -0.25) is 4.68 Å². The third-order valence-corrected chi connectivity index (χ3v) is 2.68. The van der Waals surface area contributed by atoms with Crippen LogP contribution in [0.1, 0.15) is 5.56 Å². The van der Waals surface area contributed by atoms with Gasteiger partial charge in [0.2, 0.25) is 0 Å². The number of ether oxygens (including phenoxy) is 1. The lowest BCUT2D eigenvalue weighted by molar-refractivity contribution is 0.183. The van der Waals surface area contributed by atoms with Crippen LogP contribution in [-0.2, 0) is 17.8 Å². The van der Waals surface area contributed by atoms with E-state index in [0.717, 1.165) is 23.2 Å². The van der Waals surface area contributed by atoms with Gasteiger partial charge < -0.3 is 10.5 Å². The number of nitrogens with zero attached hydrogens (tertiary/aromatic N) is 2. The number of hydrogen-bond acceptors (Lipinski definition) is 3. The number of benzene rings is 1. The highest BCUT2D eigenvalue weighted by Crippen LogP contribution is 2.18. The second-order valence-corrected chi connectivity index (χ2v) is 3.89. The molecule has 1 aromatic heterocycles. The summed E-state index contributed by atoms with van der Waals surface area (Å²) in [5.74, 6) is 0. The summed E-state index contributed by atoms with van der Waals surface area (Å²) in [7, 11) is 1.69. The molecule has 4 heteroatoms. The van der Waals surface area contributed by atoms with Crippen molar-refractivity contribution in [2.75, 3.05) is 13.7 Å². The molecule has 0 unspecified atom stereocenters. The van der Waals surface area contributed by atoms with Gasteiger partial charge >= 0.3 is 0 Å². The highest BCUT2D eigenvalue weighted by atomic mass is 16.5. The summed E-state index contributed by atoms with van der Waals surface area (Å²) < 4.78 is 6.90. The van der Waals surface area contributed by atoms with Gasteiger partial charge in [-0.1, -0.05) is 24.3 Å². The zero-order valence-electron chi connectivity index (χ0n) is 9.97. The van der Waals surface area contributed by atoms with Crippen LogP contribution >= 0.6 is 0 Å². The maximum Gasteiger partial charge on any atom is 0.0658 e. The van der Waals surface area contributed by atoms with E-state index in [4.69, 9.17) is 10.5 Å². The number of hydrogen-bond donors (Lipinski definition) is 1. The van der Waals surface area contributed by atoms with Crippen LogP contribution in [0.25, 0.3) is 11.1 Å². The summed E-state index contributed by atoms with van der Waals surface area (Å²) in [5, 5.41) is 4.28. The van der Waals surface area contributed by atoms with Crippen molar-refractivity contribution in [3.05, 3.63) is 42.2 Å². The minimum atomic E-state index is 0.577. The number of aromatic nitrogens is 2. The van der Waals surface area contributed by atoms with Crippen molar-refractivity contribution in [2.45, 2.75) is 13.1 Å². The predicted molar refractivity (Wildman–Crippen MR) is 67.4 cm³/mol. The molecule has 2 N–H and O–H groups in total. The van der Waals surface area contributed by atoms with Crippen LogP contribution in [0.3, 0.4) is 0 Å². The topological polar surface area (TPSA) is 53.1 Å². The lowest BCUT2D eigenvalue weighted by Gasteiger charge is -2.00. The van der Waals surface area contributed by atoms with Gasteiger partial charge in [0.1, 0.15) is 0 Å². The predicted octanol–water partition coefficient (Wildman–Crippen LogP) is 1.66. The molecule has 0 amide bonds. The Balaban J connectivity index is 2.12. The summed E-state index contributed by atoms with van der Waals surface area (Å²) in [5.41, 5.74) is 8.98. The monoisotopic (exact) mass is 231 g/mol. The Morgan fingerprint density at radius 3 is 2.65 bits per heavy atom. The molecule has 0 radical (unpaired) electrons. The summed E-state index contributed by atoms with van der Waals surface area (Å²) in [4.78, 5) is 0. The highest BCUT2D eigenvalue weighted by molar-refractivity contribution is 5.61. The number of nitrogens with two attached hydrogens (primary N) is 1. The first-order valence-corrected chi connectivity index (χ1v) is 5.64. The Kier molecular flexibility index (Phi) is 3.90. The molecule has 0 bridgehead atoms. The normalized spacial score (nSPS) is 10.7. The summed E-state index contributed by atoms with van der Waals surface area (Å²) in [6.45, 7) is 2.03. The molecular formula is C13H17N3O. The van der Waals surface area contributed by atoms with Gasteiger partial charge in [0.05, 0.1) is 19.3 Å². The van der Waals surface area contributed by atoms with Crippen LogP contribution in [0, 0.1) is 0 Å². The molecule has 17 heavy (non-hydrogen) atoms. The van der Waals surface area contributed by atoms with Crippen LogP contribution in [0.4, 0.5) is 0 Å². The lowest BCUT2D eigenvalue weighted by Crippen LogP contribution is -2.03. The average Bonchev–Trinajstić information content (AvgIpc) is 2.85. The molecule has 0 spiro atoms. The molecule has 0 saturated carbocycles. The van der Waals surface area contributed by atoms with Crippen molar-refractivity contribution in [3.63, 3.8) is 0 Å². The van der Waals surface area contributed by atoms with Crippen LogP contribution in [0.5, 0.6) is 0 Å². The molecule has 0 aliphatic heterocycles. The Morgan fingerprint density at radius 1 is 1.24 bits per heavy atom. The van der Waals surface area contributed by atoms with E-state index in [1.807, 2.05) is 29.2 Å². The van der Waals surface area contributed by atoms with Crippen molar-refractivity contribution in [2.24, 2.45) is 5.73 Å². The van der Waals surface area contributed by atoms with Gasteiger partial charge in [0.25, 0.3) is 0 Å². The van der Waals surface area contributed by atoms with Gasteiger partial charge in [-0.2, -0.15) is 5.10 Å². The van der Waals surface area contributed by atoms with Gasteiger partial charge in [-0.15, -0.1) is 0 Å². The largest absolute Gasteiger partial charge is 0.383 e. The van der Waals surface area contributed by atoms with Gasteiger partial charge in [0.15, 0.2) is 0 Å². The molecule has 0 saturated heterocycles. The number of methoxy groups -OCH3 is 1. The molecule has 2 rings (SSSR count). The zero-order valence-corrected chi connectivity index (χ0v) is 9.97. The lowest BCUT2D eigenvalue weighted by atomic mass is 10.1. The van der Waals surface area contributed by atoms with Crippen molar-refractivity contribution in [1.29, 1.82) is 0 Å². The standard InChI is InChI=1S/C13H17N3O/c1-17-7-6-16-10-13(9-15-16)12-4-2-11(8-14)3-5-12/h2-5,9-10H,6-8,14H2,1H3. The maximum atomic E-state index is 5.57. The summed E-state index contributed by atoms with van der Waals surface area (Å²) in [6.07, 6.45) is 3.89. The van der Waals surface area contributed by atoms with Gasteiger partial charge in [0, 0.05) is 25.4 Å². The summed E-state index contributed by atoms with van der Waals surface area (Å²) >= 11 is 0.